The predicted octanol–water partition coefficient (Wildman–Crippen LogP) is 4.10. The Bertz CT molecular complexity index is 1500. The van der Waals surface area contributed by atoms with E-state index in [0.29, 0.717) is 30.0 Å². The van der Waals surface area contributed by atoms with Gasteiger partial charge in [-0.05, 0) is 85.3 Å². The Kier molecular flexibility index (Phi) is 7.41. The highest BCUT2D eigenvalue weighted by molar-refractivity contribution is 6.06. The highest BCUT2D eigenvalue weighted by Gasteiger charge is 2.39. The number of imide groups is 1. The highest BCUT2D eigenvalue weighted by Crippen LogP contribution is 2.34. The van der Waals surface area contributed by atoms with Crippen molar-refractivity contribution >= 4 is 29.3 Å². The maximum Gasteiger partial charge on any atom is 0.258 e. The molecule has 0 bridgehead atoms. The summed E-state index contributed by atoms with van der Waals surface area (Å²) in [5.41, 5.74) is 5.52. The highest BCUT2D eigenvalue weighted by atomic mass is 16.2. The molecule has 6 rings (SSSR count). The standard InChI is InChI=1S/C33H34N4O4/c1-35(27-8-3-2-4-9-27)32(40)25-7-5-6-22(18-25)20-36-16-14-23(15-17-36)24-10-11-28-26(19-24)21-37(33(28)41)29-12-13-30(38)34-31(29)39/h2-11,18-19,23,29H,12-17,20-21H2,1H3,(H,34,38,39). The number of piperidine rings is 2. The van der Waals surface area contributed by atoms with Crippen LogP contribution in [0.1, 0.15) is 69.0 Å². The van der Waals surface area contributed by atoms with Crippen LogP contribution in [0.5, 0.6) is 0 Å². The predicted molar refractivity (Wildman–Crippen MR) is 155 cm³/mol. The second-order valence-corrected chi connectivity index (χ2v) is 11.3. The van der Waals surface area contributed by atoms with Crippen LogP contribution in [-0.4, -0.2) is 59.6 Å². The van der Waals surface area contributed by atoms with Crippen molar-refractivity contribution in [3.8, 4) is 0 Å². The normalized spacial score (nSPS) is 19.7. The summed E-state index contributed by atoms with van der Waals surface area (Å²) in [6.07, 6.45) is 2.65. The molecule has 0 aliphatic carbocycles. The van der Waals surface area contributed by atoms with E-state index in [2.05, 4.69) is 28.4 Å². The first kappa shape index (κ1) is 26.9. The molecule has 4 amide bonds. The van der Waals surface area contributed by atoms with Gasteiger partial charge in [0.05, 0.1) is 0 Å². The third-order valence-corrected chi connectivity index (χ3v) is 8.63. The lowest BCUT2D eigenvalue weighted by molar-refractivity contribution is -0.136. The van der Waals surface area contributed by atoms with Crippen molar-refractivity contribution in [3.63, 3.8) is 0 Å². The smallest absolute Gasteiger partial charge is 0.258 e. The minimum absolute atomic E-state index is 0.0250. The lowest BCUT2D eigenvalue weighted by Gasteiger charge is -2.32. The molecule has 8 nitrogen and oxygen atoms in total. The van der Waals surface area contributed by atoms with Crippen LogP contribution in [0.2, 0.25) is 0 Å². The van der Waals surface area contributed by atoms with Crippen LogP contribution < -0.4 is 10.2 Å². The van der Waals surface area contributed by atoms with E-state index in [-0.39, 0.29) is 30.0 Å². The van der Waals surface area contributed by atoms with Crippen LogP contribution in [0.4, 0.5) is 5.69 Å². The zero-order valence-electron chi connectivity index (χ0n) is 23.2. The molecule has 3 aliphatic rings. The second-order valence-electron chi connectivity index (χ2n) is 11.3. The molecule has 3 aromatic rings. The topological polar surface area (TPSA) is 90.0 Å². The van der Waals surface area contributed by atoms with Gasteiger partial charge in [-0.3, -0.25) is 29.4 Å². The summed E-state index contributed by atoms with van der Waals surface area (Å²) in [5.74, 6) is -0.410. The van der Waals surface area contributed by atoms with Gasteiger partial charge < -0.3 is 9.80 Å². The van der Waals surface area contributed by atoms with E-state index in [4.69, 9.17) is 0 Å². The fraction of sp³-hybridized carbons (Fsp3) is 0.333. The number of hydrogen-bond donors (Lipinski definition) is 1. The number of benzene rings is 3. The Morgan fingerprint density at radius 3 is 2.46 bits per heavy atom. The fourth-order valence-corrected chi connectivity index (χ4v) is 6.30. The Hall–Kier alpha value is -4.30. The second kappa shape index (κ2) is 11.3. The van der Waals surface area contributed by atoms with Gasteiger partial charge in [-0.1, -0.05) is 42.5 Å². The molecule has 8 heteroatoms. The lowest BCUT2D eigenvalue weighted by atomic mass is 9.87. The molecule has 41 heavy (non-hydrogen) atoms. The Labute approximate surface area is 239 Å². The van der Waals surface area contributed by atoms with Crippen molar-refractivity contribution in [2.24, 2.45) is 0 Å². The van der Waals surface area contributed by atoms with Gasteiger partial charge in [0, 0.05) is 43.4 Å². The fourth-order valence-electron chi connectivity index (χ4n) is 6.30. The molecule has 2 saturated heterocycles. The molecule has 3 heterocycles. The zero-order valence-corrected chi connectivity index (χ0v) is 23.2. The third kappa shape index (κ3) is 5.52. The maximum absolute atomic E-state index is 13.1. The number of carbonyl (C=O) groups is 4. The summed E-state index contributed by atoms with van der Waals surface area (Å²) in [5, 5.41) is 2.36. The number of rotatable bonds is 6. The number of fused-ring (bicyclic) bond motifs is 1. The average molecular weight is 551 g/mol. The molecule has 3 aliphatic heterocycles. The number of likely N-dealkylation sites (tertiary alicyclic amines) is 1. The number of nitrogens with zero attached hydrogens (tertiary/aromatic N) is 3. The Balaban J connectivity index is 1.06. The van der Waals surface area contributed by atoms with Crippen molar-refractivity contribution < 1.29 is 19.2 Å². The quantitative estimate of drug-likeness (QED) is 0.467. The average Bonchev–Trinajstić information content (AvgIpc) is 3.32. The molecular formula is C33H34N4O4. The van der Waals surface area contributed by atoms with E-state index >= 15 is 0 Å². The summed E-state index contributed by atoms with van der Waals surface area (Å²) in [6.45, 7) is 3.10. The van der Waals surface area contributed by atoms with Crippen LogP contribution in [0.3, 0.4) is 0 Å². The van der Waals surface area contributed by atoms with Crippen molar-refractivity contribution in [2.45, 2.75) is 50.7 Å². The van der Waals surface area contributed by atoms with E-state index in [1.807, 2.05) is 54.6 Å². The van der Waals surface area contributed by atoms with Gasteiger partial charge in [-0.2, -0.15) is 0 Å². The van der Waals surface area contributed by atoms with E-state index < -0.39 is 6.04 Å². The molecular weight excluding hydrogens is 516 g/mol. The molecule has 210 valence electrons. The van der Waals surface area contributed by atoms with Gasteiger partial charge in [-0.25, -0.2) is 0 Å². The first-order chi connectivity index (χ1) is 19.9. The van der Waals surface area contributed by atoms with Crippen LogP contribution in [0.15, 0.2) is 72.8 Å². The summed E-state index contributed by atoms with van der Waals surface area (Å²) >= 11 is 0. The molecule has 1 atom stereocenters. The van der Waals surface area contributed by atoms with Crippen LogP contribution in [0.25, 0.3) is 0 Å². The first-order valence-corrected chi connectivity index (χ1v) is 14.3. The summed E-state index contributed by atoms with van der Waals surface area (Å²) < 4.78 is 0. The van der Waals surface area contributed by atoms with Crippen LogP contribution >= 0.6 is 0 Å². The van der Waals surface area contributed by atoms with Crippen LogP contribution in [-0.2, 0) is 22.7 Å². The van der Waals surface area contributed by atoms with Gasteiger partial charge in [0.15, 0.2) is 0 Å². The summed E-state index contributed by atoms with van der Waals surface area (Å²) in [7, 11) is 1.80. The number of anilines is 1. The number of para-hydroxylation sites is 1. The molecule has 0 saturated carbocycles. The summed E-state index contributed by atoms with van der Waals surface area (Å²) in [4.78, 5) is 55.7. The van der Waals surface area contributed by atoms with Gasteiger partial charge in [0.1, 0.15) is 6.04 Å². The molecule has 2 fully saturated rings. The van der Waals surface area contributed by atoms with E-state index in [0.717, 1.165) is 49.3 Å². The monoisotopic (exact) mass is 550 g/mol. The number of hydrogen-bond acceptors (Lipinski definition) is 5. The minimum atomic E-state index is -0.591. The van der Waals surface area contributed by atoms with Gasteiger partial charge in [0.2, 0.25) is 11.8 Å². The molecule has 3 aromatic carbocycles. The van der Waals surface area contributed by atoms with E-state index in [1.54, 1.807) is 16.8 Å². The SMILES string of the molecule is CN(C(=O)c1cccc(CN2CCC(c3ccc4c(c3)CN(C3CCC(=O)NC3=O)C4=O)CC2)c1)c1ccccc1. The third-order valence-electron chi connectivity index (χ3n) is 8.63. The maximum atomic E-state index is 13.1. The lowest BCUT2D eigenvalue weighted by Crippen LogP contribution is -2.52. The largest absolute Gasteiger partial charge is 0.322 e. The van der Waals surface area contributed by atoms with Crippen molar-refractivity contribution in [1.82, 2.24) is 15.1 Å². The molecule has 0 aromatic heterocycles. The molecule has 1 N–H and O–H groups in total. The molecule has 0 radical (unpaired) electrons. The van der Waals surface area contributed by atoms with Gasteiger partial charge in [0.25, 0.3) is 11.8 Å². The Morgan fingerprint density at radius 2 is 1.71 bits per heavy atom. The first-order valence-electron chi connectivity index (χ1n) is 14.3. The number of amides is 4. The Morgan fingerprint density at radius 1 is 0.927 bits per heavy atom. The minimum Gasteiger partial charge on any atom is -0.322 e. The van der Waals surface area contributed by atoms with Crippen molar-refractivity contribution in [3.05, 3.63) is 101 Å². The van der Waals surface area contributed by atoms with Crippen LogP contribution in [0, 0.1) is 0 Å². The van der Waals surface area contributed by atoms with Crippen molar-refractivity contribution in [2.75, 3.05) is 25.0 Å². The molecule has 0 spiro atoms. The van der Waals surface area contributed by atoms with E-state index in [1.165, 1.54) is 5.56 Å². The number of carbonyl (C=O) groups excluding carboxylic acids is 4. The van der Waals surface area contributed by atoms with Crippen molar-refractivity contribution in [1.29, 1.82) is 0 Å². The number of nitrogens with one attached hydrogen (secondary N) is 1. The van der Waals surface area contributed by atoms with Gasteiger partial charge in [-0.15, -0.1) is 0 Å². The zero-order chi connectivity index (χ0) is 28.5. The molecule has 1 unspecified atom stereocenters. The van der Waals surface area contributed by atoms with Gasteiger partial charge >= 0.3 is 0 Å². The summed E-state index contributed by atoms with van der Waals surface area (Å²) in [6, 6.07) is 23.1. The van der Waals surface area contributed by atoms with E-state index in [9.17, 15) is 19.2 Å².